The summed E-state index contributed by atoms with van der Waals surface area (Å²) in [4.78, 5) is 5.56. The maximum Gasteiger partial charge on any atom is 0.169 e. The molecule has 2 aromatic rings. The lowest BCUT2D eigenvalue weighted by Crippen LogP contribution is -2.09. The Labute approximate surface area is 119 Å². The summed E-state index contributed by atoms with van der Waals surface area (Å²) in [5.41, 5.74) is 0. The van der Waals surface area contributed by atoms with Crippen molar-refractivity contribution in [2.24, 2.45) is 0 Å². The van der Waals surface area contributed by atoms with Crippen LogP contribution in [0, 0.1) is 0 Å². The summed E-state index contributed by atoms with van der Waals surface area (Å²) < 4.78 is 6.82. The molecule has 0 atom stereocenters. The molecule has 1 N–H and O–H groups in total. The van der Waals surface area contributed by atoms with Crippen LogP contribution in [0.15, 0.2) is 34.2 Å². The largest absolute Gasteiger partial charge is 0.487 e. The molecule has 2 heterocycles. The molecular weight excluding hydrogens is 312 g/mol. The van der Waals surface area contributed by atoms with Crippen LogP contribution in [0.4, 0.5) is 5.82 Å². The minimum Gasteiger partial charge on any atom is -0.487 e. The van der Waals surface area contributed by atoms with Gasteiger partial charge in [-0.15, -0.1) is 11.3 Å². The molecule has 0 saturated heterocycles. The molecule has 0 unspecified atom stereocenters. The number of nitrogens with zero attached hydrogens (tertiary/aromatic N) is 1. The molecule has 0 bridgehead atoms. The molecule has 96 valence electrons. The van der Waals surface area contributed by atoms with Crippen LogP contribution in [0.5, 0.6) is 5.75 Å². The maximum atomic E-state index is 5.71. The van der Waals surface area contributed by atoms with E-state index in [2.05, 4.69) is 37.7 Å². The maximum absolute atomic E-state index is 5.71. The van der Waals surface area contributed by atoms with Crippen molar-refractivity contribution in [3.63, 3.8) is 0 Å². The van der Waals surface area contributed by atoms with Crippen molar-refractivity contribution in [1.82, 2.24) is 4.98 Å². The first-order valence-corrected chi connectivity index (χ1v) is 7.41. The van der Waals surface area contributed by atoms with E-state index in [4.69, 9.17) is 4.74 Å². The number of thiophene rings is 1. The second kappa shape index (κ2) is 6.20. The minimum atomic E-state index is 0.144. The number of hydrogen-bond acceptors (Lipinski definition) is 4. The first kappa shape index (κ1) is 13.4. The van der Waals surface area contributed by atoms with Crippen molar-refractivity contribution in [1.29, 1.82) is 0 Å². The van der Waals surface area contributed by atoms with E-state index in [1.807, 2.05) is 26.0 Å². The number of nitrogens with one attached hydrogen (secondary N) is 1. The standard InChI is InChI=1S/C13H15BrN2OS/c1-9(2)17-12-4-3-5-15-13(12)16-7-11-6-10(14)8-18-11/h3-6,8-9H,7H2,1-2H3,(H,15,16). The van der Waals surface area contributed by atoms with E-state index in [-0.39, 0.29) is 6.10 Å². The van der Waals surface area contributed by atoms with Crippen molar-refractivity contribution in [2.75, 3.05) is 5.32 Å². The van der Waals surface area contributed by atoms with Crippen LogP contribution >= 0.6 is 27.3 Å². The van der Waals surface area contributed by atoms with Gasteiger partial charge in [-0.1, -0.05) is 0 Å². The highest BCUT2D eigenvalue weighted by Crippen LogP contribution is 2.25. The fourth-order valence-corrected chi connectivity index (χ4v) is 2.88. The van der Waals surface area contributed by atoms with Crippen LogP contribution in [-0.2, 0) is 6.54 Å². The van der Waals surface area contributed by atoms with Crippen LogP contribution in [-0.4, -0.2) is 11.1 Å². The Bertz CT molecular complexity index is 513. The molecule has 0 aliphatic rings. The number of anilines is 1. The quantitative estimate of drug-likeness (QED) is 0.889. The lowest BCUT2D eigenvalue weighted by molar-refractivity contribution is 0.243. The van der Waals surface area contributed by atoms with Gasteiger partial charge in [0.15, 0.2) is 11.6 Å². The van der Waals surface area contributed by atoms with Gasteiger partial charge in [-0.2, -0.15) is 0 Å². The lowest BCUT2D eigenvalue weighted by Gasteiger charge is -2.13. The third-order valence-electron chi connectivity index (χ3n) is 2.19. The number of pyridine rings is 1. The van der Waals surface area contributed by atoms with Gasteiger partial charge < -0.3 is 10.1 Å². The van der Waals surface area contributed by atoms with Gasteiger partial charge in [-0.25, -0.2) is 4.98 Å². The summed E-state index contributed by atoms with van der Waals surface area (Å²) in [7, 11) is 0. The van der Waals surface area contributed by atoms with Crippen molar-refractivity contribution < 1.29 is 4.74 Å². The number of aromatic nitrogens is 1. The first-order valence-electron chi connectivity index (χ1n) is 5.73. The summed E-state index contributed by atoms with van der Waals surface area (Å²) >= 11 is 5.16. The van der Waals surface area contributed by atoms with E-state index < -0.39 is 0 Å². The van der Waals surface area contributed by atoms with Crippen LogP contribution < -0.4 is 10.1 Å². The van der Waals surface area contributed by atoms with Crippen LogP contribution in [0.1, 0.15) is 18.7 Å². The first-order chi connectivity index (χ1) is 8.65. The molecule has 0 saturated carbocycles. The Morgan fingerprint density at radius 3 is 3.00 bits per heavy atom. The lowest BCUT2D eigenvalue weighted by atomic mass is 10.4. The zero-order valence-electron chi connectivity index (χ0n) is 10.3. The minimum absolute atomic E-state index is 0.144. The molecular formula is C13H15BrN2OS. The molecule has 0 aromatic carbocycles. The van der Waals surface area contributed by atoms with E-state index in [1.54, 1.807) is 17.5 Å². The van der Waals surface area contributed by atoms with E-state index in [9.17, 15) is 0 Å². The Morgan fingerprint density at radius 1 is 1.50 bits per heavy atom. The topological polar surface area (TPSA) is 34.1 Å². The van der Waals surface area contributed by atoms with E-state index in [0.29, 0.717) is 0 Å². The Hall–Kier alpha value is -1.07. The molecule has 2 rings (SSSR count). The van der Waals surface area contributed by atoms with E-state index in [0.717, 1.165) is 22.6 Å². The predicted molar refractivity (Wildman–Crippen MR) is 79.3 cm³/mol. The van der Waals surface area contributed by atoms with Crippen LogP contribution in [0.2, 0.25) is 0 Å². The summed E-state index contributed by atoms with van der Waals surface area (Å²) in [6, 6.07) is 5.91. The second-order valence-corrected chi connectivity index (χ2v) is 6.01. The molecule has 0 aliphatic heterocycles. The SMILES string of the molecule is CC(C)Oc1cccnc1NCc1cc(Br)cs1. The average molecular weight is 327 g/mol. The Morgan fingerprint density at radius 2 is 2.33 bits per heavy atom. The molecule has 0 spiro atoms. The van der Waals surface area contributed by atoms with Gasteiger partial charge in [0.2, 0.25) is 0 Å². The second-order valence-electron chi connectivity index (χ2n) is 4.10. The molecule has 2 aromatic heterocycles. The molecule has 0 aliphatic carbocycles. The predicted octanol–water partition coefficient (Wildman–Crippen LogP) is 4.30. The highest BCUT2D eigenvalue weighted by atomic mass is 79.9. The van der Waals surface area contributed by atoms with Crippen LogP contribution in [0.25, 0.3) is 0 Å². The fourth-order valence-electron chi connectivity index (χ4n) is 1.49. The highest BCUT2D eigenvalue weighted by Gasteiger charge is 2.06. The zero-order valence-corrected chi connectivity index (χ0v) is 12.7. The summed E-state index contributed by atoms with van der Waals surface area (Å²) in [6.45, 7) is 4.77. The molecule has 0 radical (unpaired) electrons. The molecule has 3 nitrogen and oxygen atoms in total. The number of hydrogen-bond donors (Lipinski definition) is 1. The van der Waals surface area contributed by atoms with Gasteiger partial charge in [0.05, 0.1) is 12.6 Å². The van der Waals surface area contributed by atoms with Gasteiger partial charge in [0.25, 0.3) is 0 Å². The molecule has 5 heteroatoms. The summed E-state index contributed by atoms with van der Waals surface area (Å²) in [5, 5.41) is 5.37. The van der Waals surface area contributed by atoms with Gasteiger partial charge >= 0.3 is 0 Å². The molecule has 0 amide bonds. The molecule has 18 heavy (non-hydrogen) atoms. The fraction of sp³-hybridized carbons (Fsp3) is 0.308. The smallest absolute Gasteiger partial charge is 0.169 e. The van der Waals surface area contributed by atoms with E-state index in [1.165, 1.54) is 4.88 Å². The van der Waals surface area contributed by atoms with Gasteiger partial charge in [0.1, 0.15) is 0 Å². The Kier molecular flexibility index (Phi) is 4.60. The summed E-state index contributed by atoms with van der Waals surface area (Å²) in [6.07, 6.45) is 1.91. The van der Waals surface area contributed by atoms with Crippen molar-refractivity contribution >= 4 is 33.1 Å². The van der Waals surface area contributed by atoms with Gasteiger partial charge in [-0.3, -0.25) is 0 Å². The summed E-state index contributed by atoms with van der Waals surface area (Å²) in [5.74, 6) is 1.58. The molecule has 0 fully saturated rings. The van der Waals surface area contributed by atoms with Crippen molar-refractivity contribution in [2.45, 2.75) is 26.5 Å². The van der Waals surface area contributed by atoms with Gasteiger partial charge in [-0.05, 0) is 48.0 Å². The normalized spacial score (nSPS) is 10.7. The van der Waals surface area contributed by atoms with Crippen molar-refractivity contribution in [3.8, 4) is 5.75 Å². The van der Waals surface area contributed by atoms with Gasteiger partial charge in [0, 0.05) is 20.9 Å². The van der Waals surface area contributed by atoms with E-state index >= 15 is 0 Å². The van der Waals surface area contributed by atoms with Crippen molar-refractivity contribution in [3.05, 3.63) is 39.1 Å². The number of halogens is 1. The Balaban J connectivity index is 2.04. The zero-order chi connectivity index (χ0) is 13.0. The number of ether oxygens (including phenoxy) is 1. The third kappa shape index (κ3) is 3.71. The third-order valence-corrected chi connectivity index (χ3v) is 3.88. The van der Waals surface area contributed by atoms with Crippen LogP contribution in [0.3, 0.4) is 0 Å². The monoisotopic (exact) mass is 326 g/mol. The number of rotatable bonds is 5. The highest BCUT2D eigenvalue weighted by molar-refractivity contribution is 9.10. The average Bonchev–Trinajstić information content (AvgIpc) is 2.73.